The van der Waals surface area contributed by atoms with Crippen molar-refractivity contribution in [1.29, 1.82) is 0 Å². The van der Waals surface area contributed by atoms with Crippen LogP contribution in [0, 0.1) is 0 Å². The van der Waals surface area contributed by atoms with Crippen molar-refractivity contribution in [1.82, 2.24) is 34.3 Å². The fraction of sp³-hybridized carbons (Fsp3) is 0.632. The Morgan fingerprint density at radius 3 is 2.53 bits per heavy atom. The Morgan fingerprint density at radius 2 is 1.90 bits per heavy atom. The average molecular weight is 419 g/mol. The topological polar surface area (TPSA) is 119 Å². The predicted octanol–water partition coefficient (Wildman–Crippen LogP) is -0.00390. The lowest BCUT2D eigenvalue weighted by atomic mass is 9.87. The van der Waals surface area contributed by atoms with Crippen LogP contribution in [-0.4, -0.2) is 90.2 Å². The molecule has 2 aromatic heterocycles. The van der Waals surface area contributed by atoms with Crippen LogP contribution in [0.5, 0.6) is 0 Å². The van der Waals surface area contributed by atoms with E-state index in [-0.39, 0.29) is 18.0 Å². The summed E-state index contributed by atoms with van der Waals surface area (Å²) in [7, 11) is 1.89. The normalized spacial score (nSPS) is 19.2. The fourth-order valence-corrected chi connectivity index (χ4v) is 3.98. The third-order valence-corrected chi connectivity index (χ3v) is 5.64. The smallest absolute Gasteiger partial charge is 0.290 e. The summed E-state index contributed by atoms with van der Waals surface area (Å²) in [6, 6.07) is 0. The van der Waals surface area contributed by atoms with Gasteiger partial charge in [-0.2, -0.15) is 5.10 Å². The second-order valence-corrected chi connectivity index (χ2v) is 7.69. The Morgan fingerprint density at radius 1 is 1.20 bits per heavy atom. The summed E-state index contributed by atoms with van der Waals surface area (Å²) in [5, 5.41) is 18.8. The molecule has 0 bridgehead atoms. The molecule has 30 heavy (non-hydrogen) atoms. The van der Waals surface area contributed by atoms with Gasteiger partial charge in [0.25, 0.3) is 6.47 Å². The van der Waals surface area contributed by atoms with Gasteiger partial charge in [-0.1, -0.05) is 0 Å². The molecule has 1 amide bonds. The van der Waals surface area contributed by atoms with E-state index in [9.17, 15) is 4.79 Å². The first-order chi connectivity index (χ1) is 14.5. The summed E-state index contributed by atoms with van der Waals surface area (Å²) in [6.07, 6.45) is 9.56. The lowest BCUT2D eigenvalue weighted by Crippen LogP contribution is -2.47. The van der Waals surface area contributed by atoms with Crippen LogP contribution in [0.15, 0.2) is 25.0 Å². The summed E-state index contributed by atoms with van der Waals surface area (Å²) >= 11 is 0. The lowest BCUT2D eigenvalue weighted by Gasteiger charge is -2.40. The molecule has 1 N–H and O–H groups in total. The standard InChI is InChI=1S/C18H27N7O2.CH2O2/c1-22-12-16(11-21-22)13-25-8-9-27-18(10-17(25)26)2-4-23(5-3-18)6-7-24-14-19-20-15-24;2-1-3/h11-12,14-15H,2-10,13H2,1H3;1H,(H,2,3). The first-order valence-electron chi connectivity index (χ1n) is 10.1. The third-order valence-electron chi connectivity index (χ3n) is 5.64. The van der Waals surface area contributed by atoms with E-state index in [1.54, 1.807) is 17.3 Å². The number of aromatic nitrogens is 5. The first-order valence-corrected chi connectivity index (χ1v) is 10.1. The molecule has 2 aliphatic rings. The quantitative estimate of drug-likeness (QED) is 0.673. The minimum absolute atomic E-state index is 0.189. The largest absolute Gasteiger partial charge is 0.483 e. The van der Waals surface area contributed by atoms with E-state index in [1.807, 2.05) is 28.9 Å². The van der Waals surface area contributed by atoms with Crippen LogP contribution in [0.4, 0.5) is 0 Å². The Hall–Kier alpha value is -2.79. The van der Waals surface area contributed by atoms with Crippen molar-refractivity contribution in [3.63, 3.8) is 0 Å². The number of likely N-dealkylation sites (tertiary alicyclic amines) is 1. The Labute approximate surface area is 175 Å². The molecule has 0 atom stereocenters. The van der Waals surface area contributed by atoms with Crippen LogP contribution < -0.4 is 0 Å². The molecule has 11 heteroatoms. The van der Waals surface area contributed by atoms with Crippen molar-refractivity contribution in [3.05, 3.63) is 30.6 Å². The minimum atomic E-state index is -0.298. The zero-order valence-electron chi connectivity index (χ0n) is 17.3. The number of rotatable bonds is 5. The molecule has 11 nitrogen and oxygen atoms in total. The summed E-state index contributed by atoms with van der Waals surface area (Å²) in [4.78, 5) is 25.5. The minimum Gasteiger partial charge on any atom is -0.483 e. The van der Waals surface area contributed by atoms with Gasteiger partial charge in [0.2, 0.25) is 5.91 Å². The fourth-order valence-electron chi connectivity index (χ4n) is 3.98. The maximum atomic E-state index is 12.8. The third kappa shape index (κ3) is 5.86. The molecule has 0 unspecified atom stereocenters. The lowest BCUT2D eigenvalue weighted by molar-refractivity contribution is -0.136. The molecule has 1 spiro atoms. The average Bonchev–Trinajstić information content (AvgIpc) is 3.36. The van der Waals surface area contributed by atoms with E-state index in [1.165, 1.54) is 0 Å². The number of hydrogen-bond acceptors (Lipinski definition) is 7. The SMILES string of the molecule is Cn1cc(CN2CCOC3(CCN(CCn4cnnc4)CC3)CC2=O)cn1.O=CO. The van der Waals surface area contributed by atoms with Gasteiger partial charge in [0.15, 0.2) is 0 Å². The molecule has 2 saturated heterocycles. The van der Waals surface area contributed by atoms with Crippen molar-refractivity contribution >= 4 is 12.4 Å². The number of carbonyl (C=O) groups excluding carboxylic acids is 1. The van der Waals surface area contributed by atoms with Crippen molar-refractivity contribution in [3.8, 4) is 0 Å². The summed E-state index contributed by atoms with van der Waals surface area (Å²) < 4.78 is 10.00. The molecule has 0 aromatic carbocycles. The van der Waals surface area contributed by atoms with Gasteiger partial charge >= 0.3 is 0 Å². The summed E-state index contributed by atoms with van der Waals surface area (Å²) in [5.74, 6) is 0.189. The van der Waals surface area contributed by atoms with E-state index in [0.29, 0.717) is 26.1 Å². The Bertz CT molecular complexity index is 800. The van der Waals surface area contributed by atoms with Gasteiger partial charge in [0, 0.05) is 58.1 Å². The van der Waals surface area contributed by atoms with Gasteiger partial charge in [-0.05, 0) is 12.8 Å². The zero-order chi connectivity index (χ0) is 21.4. The molecular formula is C19H29N7O4. The Balaban J connectivity index is 0.000000806. The number of nitrogens with zero attached hydrogens (tertiary/aromatic N) is 7. The zero-order valence-corrected chi connectivity index (χ0v) is 17.3. The number of carboxylic acid groups (broad SMARTS) is 1. The van der Waals surface area contributed by atoms with Crippen LogP contribution in [-0.2, 0) is 34.5 Å². The van der Waals surface area contributed by atoms with E-state index in [0.717, 1.165) is 44.6 Å². The highest BCUT2D eigenvalue weighted by molar-refractivity contribution is 5.77. The van der Waals surface area contributed by atoms with Gasteiger partial charge in [-0.3, -0.25) is 14.3 Å². The second-order valence-electron chi connectivity index (χ2n) is 7.69. The maximum absolute atomic E-state index is 12.8. The molecule has 0 radical (unpaired) electrons. The van der Waals surface area contributed by atoms with Crippen LogP contribution in [0.25, 0.3) is 0 Å². The van der Waals surface area contributed by atoms with Gasteiger partial charge < -0.3 is 24.2 Å². The maximum Gasteiger partial charge on any atom is 0.290 e. The molecule has 4 rings (SSSR count). The number of amides is 1. The van der Waals surface area contributed by atoms with Gasteiger partial charge in [0.05, 0.1) is 24.8 Å². The van der Waals surface area contributed by atoms with Gasteiger partial charge in [0.1, 0.15) is 12.7 Å². The van der Waals surface area contributed by atoms with E-state index >= 15 is 0 Å². The number of carbonyl (C=O) groups is 2. The monoisotopic (exact) mass is 419 g/mol. The van der Waals surface area contributed by atoms with E-state index in [2.05, 4.69) is 20.2 Å². The van der Waals surface area contributed by atoms with Crippen LogP contribution >= 0.6 is 0 Å². The van der Waals surface area contributed by atoms with E-state index < -0.39 is 0 Å². The van der Waals surface area contributed by atoms with Crippen molar-refractivity contribution < 1.29 is 19.4 Å². The number of piperidine rings is 1. The van der Waals surface area contributed by atoms with E-state index in [4.69, 9.17) is 14.6 Å². The van der Waals surface area contributed by atoms with Gasteiger partial charge in [-0.25, -0.2) is 0 Å². The second kappa shape index (κ2) is 10.3. The van der Waals surface area contributed by atoms with Crippen molar-refractivity contribution in [2.24, 2.45) is 7.05 Å². The van der Waals surface area contributed by atoms with Crippen LogP contribution in [0.2, 0.25) is 0 Å². The number of hydrogen-bond donors (Lipinski definition) is 1. The highest BCUT2D eigenvalue weighted by Crippen LogP contribution is 2.32. The number of aryl methyl sites for hydroxylation is 1. The molecule has 4 heterocycles. The summed E-state index contributed by atoms with van der Waals surface area (Å²) in [6.45, 7) is 5.38. The molecule has 0 aliphatic carbocycles. The molecule has 2 aromatic rings. The molecular weight excluding hydrogens is 390 g/mol. The highest BCUT2D eigenvalue weighted by atomic mass is 16.5. The first kappa shape index (κ1) is 21.9. The molecule has 2 fully saturated rings. The van der Waals surface area contributed by atoms with Crippen LogP contribution in [0.3, 0.4) is 0 Å². The van der Waals surface area contributed by atoms with Crippen molar-refractivity contribution in [2.75, 3.05) is 32.8 Å². The number of ether oxygens (including phenoxy) is 1. The van der Waals surface area contributed by atoms with Crippen LogP contribution in [0.1, 0.15) is 24.8 Å². The summed E-state index contributed by atoms with van der Waals surface area (Å²) in [5.41, 5.74) is 0.763. The molecule has 164 valence electrons. The Kier molecular flexibility index (Phi) is 7.52. The predicted molar refractivity (Wildman–Crippen MR) is 106 cm³/mol. The molecule has 2 aliphatic heterocycles. The van der Waals surface area contributed by atoms with Gasteiger partial charge in [-0.15, -0.1) is 10.2 Å². The van der Waals surface area contributed by atoms with Crippen molar-refractivity contribution in [2.45, 2.75) is 38.0 Å². The highest BCUT2D eigenvalue weighted by Gasteiger charge is 2.40. The molecule has 0 saturated carbocycles.